The van der Waals surface area contributed by atoms with Gasteiger partial charge in [-0.3, -0.25) is 4.79 Å². The van der Waals surface area contributed by atoms with Crippen molar-refractivity contribution in [1.29, 1.82) is 0 Å². The second-order valence-corrected chi connectivity index (χ2v) is 5.26. The Hall–Kier alpha value is -1.10. The maximum atomic E-state index is 12.3. The van der Waals surface area contributed by atoms with Crippen LogP contribution >= 0.6 is 11.6 Å². The summed E-state index contributed by atoms with van der Waals surface area (Å²) in [5, 5.41) is 2.15. The van der Waals surface area contributed by atoms with Gasteiger partial charge in [0.2, 0.25) is 5.91 Å². The molecule has 3 unspecified atom stereocenters. The predicted octanol–water partition coefficient (Wildman–Crippen LogP) is 3.76. The number of rotatable bonds is 8. The van der Waals surface area contributed by atoms with Crippen LogP contribution in [-0.2, 0) is 14.3 Å². The summed E-state index contributed by atoms with van der Waals surface area (Å²) in [5.41, 5.74) is 1.68. The molecule has 1 aromatic rings. The van der Waals surface area contributed by atoms with E-state index < -0.39 is 5.38 Å². The summed E-state index contributed by atoms with van der Waals surface area (Å²) in [6.45, 7) is 3.97. The zero-order valence-electron chi connectivity index (χ0n) is 13.1. The monoisotopic (exact) mass is 313 g/mol. The fourth-order valence-corrected chi connectivity index (χ4v) is 2.60. The lowest BCUT2D eigenvalue weighted by atomic mass is 10.0. The maximum Gasteiger partial charge on any atom is 0.245 e. The van der Waals surface area contributed by atoms with E-state index in [4.69, 9.17) is 21.1 Å². The van der Waals surface area contributed by atoms with E-state index in [9.17, 15) is 4.79 Å². The summed E-state index contributed by atoms with van der Waals surface area (Å²) in [5.74, 6) is -0.260. The highest BCUT2D eigenvalue weighted by molar-refractivity contribution is 6.33. The van der Waals surface area contributed by atoms with Gasteiger partial charge in [0.25, 0.3) is 0 Å². The van der Waals surface area contributed by atoms with Gasteiger partial charge >= 0.3 is 0 Å². The summed E-state index contributed by atoms with van der Waals surface area (Å²) < 4.78 is 10.7. The molecule has 0 radical (unpaired) electrons. The van der Waals surface area contributed by atoms with Crippen LogP contribution < -0.4 is 5.32 Å². The Morgan fingerprint density at radius 1 is 1.19 bits per heavy atom. The largest absolute Gasteiger partial charge is 0.379 e. The molecule has 21 heavy (non-hydrogen) atoms. The van der Waals surface area contributed by atoms with Gasteiger partial charge in [0.05, 0.1) is 12.2 Å². The van der Waals surface area contributed by atoms with Crippen molar-refractivity contribution in [3.63, 3.8) is 0 Å². The summed E-state index contributed by atoms with van der Waals surface area (Å²) in [7, 11) is 3.22. The van der Waals surface area contributed by atoms with Crippen molar-refractivity contribution < 1.29 is 14.3 Å². The van der Waals surface area contributed by atoms with E-state index in [2.05, 4.69) is 5.32 Å². The van der Waals surface area contributed by atoms with Crippen molar-refractivity contribution in [2.75, 3.05) is 19.5 Å². The normalized spacial score (nSPS) is 15.3. The molecule has 1 amide bonds. The van der Waals surface area contributed by atoms with Gasteiger partial charge in [-0.2, -0.15) is 0 Å². The number of benzene rings is 1. The van der Waals surface area contributed by atoms with Gasteiger partial charge < -0.3 is 14.8 Å². The van der Waals surface area contributed by atoms with E-state index in [1.165, 1.54) is 0 Å². The topological polar surface area (TPSA) is 47.6 Å². The van der Waals surface area contributed by atoms with Gasteiger partial charge in [0.1, 0.15) is 5.38 Å². The van der Waals surface area contributed by atoms with Crippen LogP contribution in [0.2, 0.25) is 0 Å². The third-order valence-electron chi connectivity index (χ3n) is 3.50. The van der Waals surface area contributed by atoms with Crippen LogP contribution in [0.4, 0.5) is 5.69 Å². The first-order valence-corrected chi connectivity index (χ1v) is 7.62. The fraction of sp³-hybridized carbons (Fsp3) is 0.562. The number of para-hydroxylation sites is 1. The first kappa shape index (κ1) is 18.0. The lowest BCUT2D eigenvalue weighted by Crippen LogP contribution is -2.35. The molecule has 0 heterocycles. The highest BCUT2D eigenvalue weighted by atomic mass is 35.5. The standard InChI is InChI=1S/C16H24ClNO3/c1-5-13(20-3)11-9-7-8-10-12(11)18-16(19)15(17)14(6-2)21-4/h7-10,13-15H,5-6H2,1-4H3,(H,18,19). The minimum Gasteiger partial charge on any atom is -0.379 e. The molecule has 5 heteroatoms. The van der Waals surface area contributed by atoms with Crippen molar-refractivity contribution in [2.24, 2.45) is 0 Å². The highest BCUT2D eigenvalue weighted by Gasteiger charge is 2.25. The lowest BCUT2D eigenvalue weighted by molar-refractivity contribution is -0.118. The van der Waals surface area contributed by atoms with Gasteiger partial charge in [-0.1, -0.05) is 32.0 Å². The second-order valence-electron chi connectivity index (χ2n) is 4.79. The van der Waals surface area contributed by atoms with Gasteiger partial charge in [-0.15, -0.1) is 11.6 Å². The van der Waals surface area contributed by atoms with Crippen molar-refractivity contribution in [1.82, 2.24) is 0 Å². The zero-order valence-corrected chi connectivity index (χ0v) is 13.8. The van der Waals surface area contributed by atoms with Crippen LogP contribution in [0, 0.1) is 0 Å². The molecule has 0 aliphatic rings. The van der Waals surface area contributed by atoms with Crippen molar-refractivity contribution in [3.05, 3.63) is 29.8 Å². The number of hydrogen-bond acceptors (Lipinski definition) is 3. The molecule has 0 saturated carbocycles. The summed E-state index contributed by atoms with van der Waals surface area (Å²) in [4.78, 5) is 12.3. The summed E-state index contributed by atoms with van der Waals surface area (Å²) in [6, 6.07) is 7.60. The van der Waals surface area contributed by atoms with Crippen molar-refractivity contribution in [3.8, 4) is 0 Å². The molecule has 4 nitrogen and oxygen atoms in total. The van der Waals surface area contributed by atoms with E-state index in [1.807, 2.05) is 38.1 Å². The van der Waals surface area contributed by atoms with Crippen LogP contribution in [0.5, 0.6) is 0 Å². The molecule has 0 aromatic heterocycles. The van der Waals surface area contributed by atoms with Gasteiger partial charge in [0.15, 0.2) is 0 Å². The molecule has 0 aliphatic heterocycles. The first-order valence-electron chi connectivity index (χ1n) is 7.18. The highest BCUT2D eigenvalue weighted by Crippen LogP contribution is 2.28. The molecular weight excluding hydrogens is 290 g/mol. The molecule has 1 aromatic carbocycles. The molecule has 3 atom stereocenters. The quantitative estimate of drug-likeness (QED) is 0.743. The molecule has 1 N–H and O–H groups in total. The molecule has 0 spiro atoms. The van der Waals surface area contributed by atoms with E-state index in [0.717, 1.165) is 17.7 Å². The zero-order chi connectivity index (χ0) is 15.8. The van der Waals surface area contributed by atoms with Crippen LogP contribution in [0.3, 0.4) is 0 Å². The number of anilines is 1. The Morgan fingerprint density at radius 3 is 2.38 bits per heavy atom. The minimum atomic E-state index is -0.726. The molecule has 0 aliphatic carbocycles. The van der Waals surface area contributed by atoms with E-state index >= 15 is 0 Å². The third-order valence-corrected chi connectivity index (χ3v) is 3.98. The van der Waals surface area contributed by atoms with Gasteiger partial charge in [-0.05, 0) is 18.9 Å². The summed E-state index contributed by atoms with van der Waals surface area (Å²) >= 11 is 6.18. The number of methoxy groups -OCH3 is 2. The van der Waals surface area contributed by atoms with E-state index in [0.29, 0.717) is 6.42 Å². The SMILES string of the molecule is CCC(OC)c1ccccc1NC(=O)C(Cl)C(CC)OC. The Morgan fingerprint density at radius 2 is 1.86 bits per heavy atom. The Bertz CT molecular complexity index is 445. The fourth-order valence-electron chi connectivity index (χ4n) is 2.27. The van der Waals surface area contributed by atoms with Gasteiger partial charge in [0, 0.05) is 25.5 Å². The molecule has 0 fully saturated rings. The minimum absolute atomic E-state index is 0.0559. The lowest BCUT2D eigenvalue weighted by Gasteiger charge is -2.21. The van der Waals surface area contributed by atoms with E-state index in [-0.39, 0.29) is 18.1 Å². The molecule has 0 saturated heterocycles. The average molecular weight is 314 g/mol. The smallest absolute Gasteiger partial charge is 0.245 e. The van der Waals surface area contributed by atoms with Crippen LogP contribution in [0.25, 0.3) is 0 Å². The van der Waals surface area contributed by atoms with E-state index in [1.54, 1.807) is 14.2 Å². The van der Waals surface area contributed by atoms with Gasteiger partial charge in [-0.25, -0.2) is 0 Å². The van der Waals surface area contributed by atoms with Crippen molar-refractivity contribution in [2.45, 2.75) is 44.3 Å². The van der Waals surface area contributed by atoms with Crippen LogP contribution in [-0.4, -0.2) is 31.6 Å². The number of halogens is 1. The maximum absolute atomic E-state index is 12.3. The third kappa shape index (κ3) is 4.70. The van der Waals surface area contributed by atoms with Crippen molar-refractivity contribution >= 4 is 23.2 Å². The Balaban J connectivity index is 2.90. The Labute approximate surface area is 131 Å². The number of alkyl halides is 1. The number of nitrogens with one attached hydrogen (secondary N) is 1. The molecule has 0 bridgehead atoms. The molecular formula is C16H24ClNO3. The number of amides is 1. The number of ether oxygens (including phenoxy) is 2. The molecule has 1 rings (SSSR count). The molecule has 118 valence electrons. The Kier molecular flexibility index (Phi) is 7.72. The van der Waals surface area contributed by atoms with Crippen LogP contribution in [0.15, 0.2) is 24.3 Å². The number of carbonyl (C=O) groups is 1. The predicted molar refractivity (Wildman–Crippen MR) is 85.8 cm³/mol. The average Bonchev–Trinajstić information content (AvgIpc) is 2.51. The first-order chi connectivity index (χ1) is 10.1. The van der Waals surface area contributed by atoms with Crippen LogP contribution in [0.1, 0.15) is 38.4 Å². The summed E-state index contributed by atoms with van der Waals surface area (Å²) in [6.07, 6.45) is 1.14. The number of carbonyl (C=O) groups excluding carboxylic acids is 1. The number of hydrogen-bond donors (Lipinski definition) is 1. The second kappa shape index (κ2) is 9.03.